The first-order valence-corrected chi connectivity index (χ1v) is 13.5. The van der Waals surface area contributed by atoms with E-state index in [9.17, 15) is 9.59 Å². The Balaban J connectivity index is 1.51. The highest BCUT2D eigenvalue weighted by molar-refractivity contribution is 5.80. The van der Waals surface area contributed by atoms with Gasteiger partial charge in [-0.15, -0.1) is 0 Å². The molecule has 0 aliphatic heterocycles. The molecule has 0 bridgehead atoms. The number of nitrogens with one attached hydrogen (secondary N) is 1. The standard InChI is InChI=1S/C30H32N6O4/c1-5-6-11-25-32-27(18(2)3)24(16-26-31-19(4)34-39-26)29(37)36(25)17-20-12-14-21(15-13-20)22-9-7-8-10-23(22)28-33-30(38)40-35-28/h7-10,12-15,18H,5-6,11,16-17H2,1-4H3,(H,33,35,38). The summed E-state index contributed by atoms with van der Waals surface area (Å²) in [7, 11) is 0. The Kier molecular flexibility index (Phi) is 7.86. The number of hydrogen-bond acceptors (Lipinski definition) is 8. The molecule has 2 aromatic carbocycles. The van der Waals surface area contributed by atoms with Gasteiger partial charge in [-0.25, -0.2) is 9.78 Å². The smallest absolute Gasteiger partial charge is 0.339 e. The molecule has 0 spiro atoms. The summed E-state index contributed by atoms with van der Waals surface area (Å²) >= 11 is 0. The van der Waals surface area contributed by atoms with E-state index < -0.39 is 5.76 Å². The summed E-state index contributed by atoms with van der Waals surface area (Å²) in [5.41, 5.74) is 4.86. The van der Waals surface area contributed by atoms with Gasteiger partial charge < -0.3 is 4.52 Å². The third-order valence-corrected chi connectivity index (χ3v) is 6.80. The van der Waals surface area contributed by atoms with Crippen molar-refractivity contribution in [2.75, 3.05) is 0 Å². The Morgan fingerprint density at radius 2 is 1.70 bits per heavy atom. The van der Waals surface area contributed by atoms with Crippen molar-refractivity contribution in [1.29, 1.82) is 0 Å². The van der Waals surface area contributed by atoms with Gasteiger partial charge in [0.05, 0.1) is 18.7 Å². The predicted octanol–water partition coefficient (Wildman–Crippen LogP) is 5.05. The molecule has 0 amide bonds. The zero-order valence-electron chi connectivity index (χ0n) is 23.1. The monoisotopic (exact) mass is 540 g/mol. The van der Waals surface area contributed by atoms with Crippen LogP contribution in [0.4, 0.5) is 0 Å². The van der Waals surface area contributed by atoms with Gasteiger partial charge in [0.1, 0.15) is 5.82 Å². The van der Waals surface area contributed by atoms with E-state index in [1.165, 1.54) is 0 Å². The van der Waals surface area contributed by atoms with Crippen LogP contribution in [0.25, 0.3) is 22.5 Å². The van der Waals surface area contributed by atoms with Gasteiger partial charge in [0.25, 0.3) is 5.56 Å². The fraction of sp³-hybridized carbons (Fsp3) is 0.333. The molecular formula is C30H32N6O4. The Morgan fingerprint density at radius 3 is 2.33 bits per heavy atom. The Bertz CT molecular complexity index is 1730. The molecular weight excluding hydrogens is 508 g/mol. The summed E-state index contributed by atoms with van der Waals surface area (Å²) in [6, 6.07) is 15.7. The van der Waals surface area contributed by atoms with Crippen molar-refractivity contribution in [3.8, 4) is 22.5 Å². The van der Waals surface area contributed by atoms with Gasteiger partial charge in [-0.05, 0) is 36.0 Å². The maximum absolute atomic E-state index is 14.0. The first kappa shape index (κ1) is 27.0. The molecule has 0 fully saturated rings. The van der Waals surface area contributed by atoms with Crippen LogP contribution >= 0.6 is 0 Å². The molecule has 5 rings (SSSR count). The fourth-order valence-corrected chi connectivity index (χ4v) is 4.81. The zero-order valence-corrected chi connectivity index (χ0v) is 23.1. The summed E-state index contributed by atoms with van der Waals surface area (Å²) in [5, 5.41) is 7.73. The van der Waals surface area contributed by atoms with E-state index >= 15 is 0 Å². The fourth-order valence-electron chi connectivity index (χ4n) is 4.81. The summed E-state index contributed by atoms with van der Waals surface area (Å²) in [6.07, 6.45) is 2.90. The van der Waals surface area contributed by atoms with Crippen molar-refractivity contribution in [2.24, 2.45) is 0 Å². The number of nitrogens with zero attached hydrogens (tertiary/aromatic N) is 5. The van der Waals surface area contributed by atoms with Gasteiger partial charge in [0, 0.05) is 17.5 Å². The highest BCUT2D eigenvalue weighted by Crippen LogP contribution is 2.30. The lowest BCUT2D eigenvalue weighted by atomic mass is 9.98. The van der Waals surface area contributed by atoms with E-state index in [0.717, 1.165) is 46.6 Å². The molecule has 3 aromatic heterocycles. The number of aromatic nitrogens is 6. The quantitative estimate of drug-likeness (QED) is 0.260. The van der Waals surface area contributed by atoms with E-state index in [2.05, 4.69) is 27.2 Å². The summed E-state index contributed by atoms with van der Waals surface area (Å²) in [5.74, 6) is 1.56. The number of H-pyrrole nitrogens is 1. The summed E-state index contributed by atoms with van der Waals surface area (Å²) in [4.78, 5) is 37.4. The predicted molar refractivity (Wildman–Crippen MR) is 150 cm³/mol. The van der Waals surface area contributed by atoms with E-state index in [4.69, 9.17) is 14.0 Å². The highest BCUT2D eigenvalue weighted by atomic mass is 16.5. The van der Waals surface area contributed by atoms with Gasteiger partial charge in [0.2, 0.25) is 5.89 Å². The first-order chi connectivity index (χ1) is 19.3. The maximum atomic E-state index is 14.0. The Morgan fingerprint density at radius 1 is 0.950 bits per heavy atom. The van der Waals surface area contributed by atoms with E-state index in [0.29, 0.717) is 36.1 Å². The van der Waals surface area contributed by atoms with Crippen LogP contribution in [0.5, 0.6) is 0 Å². The topological polar surface area (TPSA) is 133 Å². The second-order valence-electron chi connectivity index (χ2n) is 10.1. The van der Waals surface area contributed by atoms with Crippen molar-refractivity contribution in [3.05, 3.63) is 104 Å². The van der Waals surface area contributed by atoms with Crippen molar-refractivity contribution in [3.63, 3.8) is 0 Å². The first-order valence-electron chi connectivity index (χ1n) is 13.5. The third kappa shape index (κ3) is 5.70. The number of benzene rings is 2. The molecule has 0 saturated heterocycles. The van der Waals surface area contributed by atoms with Crippen LogP contribution in [0.1, 0.15) is 73.9 Å². The minimum absolute atomic E-state index is 0.0701. The normalized spacial score (nSPS) is 11.4. The molecule has 5 aromatic rings. The molecule has 0 unspecified atom stereocenters. The highest BCUT2D eigenvalue weighted by Gasteiger charge is 2.21. The lowest BCUT2D eigenvalue weighted by Gasteiger charge is -2.19. The number of aryl methyl sites for hydroxylation is 2. The molecule has 0 atom stereocenters. The van der Waals surface area contributed by atoms with Gasteiger partial charge in [-0.2, -0.15) is 4.98 Å². The van der Waals surface area contributed by atoms with Crippen LogP contribution in [0, 0.1) is 6.92 Å². The molecule has 0 saturated carbocycles. The van der Waals surface area contributed by atoms with Crippen LogP contribution in [0.3, 0.4) is 0 Å². The number of rotatable bonds is 10. The Hall–Kier alpha value is -4.60. The molecule has 3 heterocycles. The van der Waals surface area contributed by atoms with Gasteiger partial charge in [-0.3, -0.25) is 18.9 Å². The molecule has 206 valence electrons. The second-order valence-corrected chi connectivity index (χ2v) is 10.1. The van der Waals surface area contributed by atoms with Crippen LogP contribution in [0.15, 0.2) is 67.2 Å². The van der Waals surface area contributed by atoms with Crippen molar-refractivity contribution < 1.29 is 9.05 Å². The molecule has 1 N–H and O–H groups in total. The average Bonchev–Trinajstić information content (AvgIpc) is 3.58. The van der Waals surface area contributed by atoms with Gasteiger partial charge in [-0.1, -0.05) is 86.0 Å². The molecule has 0 radical (unpaired) electrons. The number of unbranched alkanes of at least 4 members (excludes halogenated alkanes) is 1. The number of hydrogen-bond donors (Lipinski definition) is 1. The van der Waals surface area contributed by atoms with Crippen LogP contribution < -0.4 is 11.3 Å². The minimum Gasteiger partial charge on any atom is -0.339 e. The van der Waals surface area contributed by atoms with Crippen LogP contribution in [-0.4, -0.2) is 29.8 Å². The minimum atomic E-state index is -0.602. The summed E-state index contributed by atoms with van der Waals surface area (Å²) in [6.45, 7) is 8.36. The molecule has 0 aliphatic carbocycles. The maximum Gasteiger partial charge on any atom is 0.439 e. The molecule has 10 nitrogen and oxygen atoms in total. The summed E-state index contributed by atoms with van der Waals surface area (Å²) < 4.78 is 11.8. The van der Waals surface area contributed by atoms with Crippen molar-refractivity contribution in [2.45, 2.75) is 65.8 Å². The lowest BCUT2D eigenvalue weighted by molar-refractivity contribution is 0.380. The van der Waals surface area contributed by atoms with Crippen LogP contribution in [0.2, 0.25) is 0 Å². The van der Waals surface area contributed by atoms with Crippen LogP contribution in [-0.2, 0) is 19.4 Å². The van der Waals surface area contributed by atoms with Gasteiger partial charge in [0.15, 0.2) is 11.6 Å². The van der Waals surface area contributed by atoms with Crippen molar-refractivity contribution >= 4 is 0 Å². The van der Waals surface area contributed by atoms with Gasteiger partial charge >= 0.3 is 5.76 Å². The zero-order chi connectivity index (χ0) is 28.2. The average molecular weight is 541 g/mol. The van der Waals surface area contributed by atoms with Crippen molar-refractivity contribution in [1.82, 2.24) is 29.8 Å². The number of aromatic amines is 1. The largest absolute Gasteiger partial charge is 0.439 e. The molecule has 10 heteroatoms. The third-order valence-electron chi connectivity index (χ3n) is 6.80. The molecule has 40 heavy (non-hydrogen) atoms. The van der Waals surface area contributed by atoms with E-state index in [1.54, 1.807) is 11.5 Å². The lowest BCUT2D eigenvalue weighted by Crippen LogP contribution is -2.31. The SMILES string of the molecule is CCCCc1nc(C(C)C)c(Cc2nc(C)no2)c(=O)n1Cc1ccc(-c2ccccc2-c2noc(=O)[nH]2)cc1. The Labute approximate surface area is 231 Å². The second kappa shape index (κ2) is 11.6. The molecule has 0 aliphatic rings. The van der Waals surface area contributed by atoms with E-state index in [-0.39, 0.29) is 17.9 Å². The van der Waals surface area contributed by atoms with E-state index in [1.807, 2.05) is 62.4 Å².